The van der Waals surface area contributed by atoms with E-state index in [4.69, 9.17) is 5.73 Å². The fourth-order valence-electron chi connectivity index (χ4n) is 2.24. The molecule has 2 heterocycles. The Morgan fingerprint density at radius 2 is 1.85 bits per heavy atom. The smallest absolute Gasteiger partial charge is 0.0964 e. The first-order valence-electron chi connectivity index (χ1n) is 6.54. The molecule has 0 unspecified atom stereocenters. The summed E-state index contributed by atoms with van der Waals surface area (Å²) in [6.07, 6.45) is 11.9. The third-order valence-electron chi connectivity index (χ3n) is 3.19. The van der Waals surface area contributed by atoms with Crippen LogP contribution in [0.4, 0.5) is 0 Å². The number of nitrogens with two attached hydrogens (primary N) is 1. The molecule has 3 aromatic rings. The lowest BCUT2D eigenvalue weighted by atomic mass is 10.1. The maximum absolute atomic E-state index is 5.28. The van der Waals surface area contributed by atoms with Crippen LogP contribution < -0.4 is 5.73 Å². The van der Waals surface area contributed by atoms with Crippen molar-refractivity contribution in [1.29, 1.82) is 0 Å². The number of benzene rings is 1. The molecule has 20 heavy (non-hydrogen) atoms. The topological polar surface area (TPSA) is 51.8 Å². The zero-order valence-corrected chi connectivity index (χ0v) is 11.0. The second kappa shape index (κ2) is 5.53. The molecule has 3 nitrogen and oxygen atoms in total. The van der Waals surface area contributed by atoms with Gasteiger partial charge in [-0.3, -0.25) is 9.97 Å². The maximum Gasteiger partial charge on any atom is 0.0964 e. The molecule has 0 saturated carbocycles. The summed E-state index contributed by atoms with van der Waals surface area (Å²) in [4.78, 5) is 9.00. The second-order valence-electron chi connectivity index (χ2n) is 4.57. The zero-order valence-electron chi connectivity index (χ0n) is 11.0. The van der Waals surface area contributed by atoms with Crippen LogP contribution in [0.1, 0.15) is 5.56 Å². The summed E-state index contributed by atoms with van der Waals surface area (Å²) in [5, 5.41) is 2.24. The average Bonchev–Trinajstić information content (AvgIpc) is 2.51. The van der Waals surface area contributed by atoms with Crippen LogP contribution >= 0.6 is 0 Å². The largest absolute Gasteiger partial charge is 0.405 e. The minimum Gasteiger partial charge on any atom is -0.405 e. The van der Waals surface area contributed by atoms with Gasteiger partial charge in [-0.2, -0.15) is 0 Å². The molecular weight excluding hydrogens is 246 g/mol. The Labute approximate surface area is 117 Å². The Kier molecular flexibility index (Phi) is 3.42. The number of hydrogen-bond donors (Lipinski definition) is 1. The summed E-state index contributed by atoms with van der Waals surface area (Å²) in [7, 11) is 0. The van der Waals surface area contributed by atoms with E-state index in [0.717, 1.165) is 28.2 Å². The van der Waals surface area contributed by atoms with Crippen molar-refractivity contribution in [2.24, 2.45) is 5.73 Å². The Hall–Kier alpha value is -2.68. The quantitative estimate of drug-likeness (QED) is 0.581. The molecule has 2 aromatic heterocycles. The van der Waals surface area contributed by atoms with Crippen LogP contribution in [0.2, 0.25) is 0 Å². The first-order chi connectivity index (χ1) is 9.88. The van der Waals surface area contributed by atoms with Crippen LogP contribution in [-0.4, -0.2) is 9.97 Å². The molecule has 0 amide bonds. The van der Waals surface area contributed by atoms with Crippen LogP contribution in [0, 0.1) is 0 Å². The van der Waals surface area contributed by atoms with Gasteiger partial charge in [0.2, 0.25) is 0 Å². The first-order valence-corrected chi connectivity index (χ1v) is 6.54. The van der Waals surface area contributed by atoms with Gasteiger partial charge in [-0.05, 0) is 36.4 Å². The average molecular weight is 261 g/mol. The molecule has 0 aliphatic rings. The van der Waals surface area contributed by atoms with Crippen molar-refractivity contribution in [2.45, 2.75) is 6.42 Å². The number of rotatable bonds is 3. The SMILES string of the molecule is N/C=C\C=C/Cc1cnc2c(ccc3cccnc32)c1. The summed E-state index contributed by atoms with van der Waals surface area (Å²) in [6.45, 7) is 0. The molecule has 3 rings (SSSR count). The lowest BCUT2D eigenvalue weighted by molar-refractivity contribution is 1.22. The highest BCUT2D eigenvalue weighted by molar-refractivity contribution is 6.02. The summed E-state index contributed by atoms with van der Waals surface area (Å²) in [6, 6.07) is 10.3. The highest BCUT2D eigenvalue weighted by atomic mass is 14.7. The minimum absolute atomic E-state index is 0.841. The summed E-state index contributed by atoms with van der Waals surface area (Å²) in [5.74, 6) is 0. The van der Waals surface area contributed by atoms with Gasteiger partial charge in [0.25, 0.3) is 0 Å². The molecule has 0 bridgehead atoms. The van der Waals surface area contributed by atoms with Crippen molar-refractivity contribution in [3.63, 3.8) is 0 Å². The lowest BCUT2D eigenvalue weighted by Crippen LogP contribution is -1.88. The van der Waals surface area contributed by atoms with Gasteiger partial charge >= 0.3 is 0 Å². The number of pyridine rings is 2. The van der Waals surface area contributed by atoms with Crippen LogP contribution in [0.25, 0.3) is 21.8 Å². The molecule has 1 aromatic carbocycles. The van der Waals surface area contributed by atoms with E-state index >= 15 is 0 Å². The van der Waals surface area contributed by atoms with Crippen molar-refractivity contribution in [2.75, 3.05) is 0 Å². The predicted molar refractivity (Wildman–Crippen MR) is 83.2 cm³/mol. The van der Waals surface area contributed by atoms with E-state index in [0.29, 0.717) is 0 Å². The van der Waals surface area contributed by atoms with E-state index in [9.17, 15) is 0 Å². The van der Waals surface area contributed by atoms with Gasteiger partial charge in [0.1, 0.15) is 0 Å². The molecule has 3 heteroatoms. The second-order valence-corrected chi connectivity index (χ2v) is 4.57. The van der Waals surface area contributed by atoms with Gasteiger partial charge in [-0.25, -0.2) is 0 Å². The molecule has 0 spiro atoms. The Balaban J connectivity index is 2.02. The molecule has 0 aliphatic carbocycles. The van der Waals surface area contributed by atoms with Crippen LogP contribution in [0.5, 0.6) is 0 Å². The lowest BCUT2D eigenvalue weighted by Gasteiger charge is -2.03. The third-order valence-corrected chi connectivity index (χ3v) is 3.19. The van der Waals surface area contributed by atoms with Gasteiger partial charge in [-0.1, -0.05) is 30.4 Å². The molecular formula is C17H15N3. The predicted octanol–water partition coefficient (Wildman–Crippen LogP) is 3.35. The number of hydrogen-bond acceptors (Lipinski definition) is 3. The van der Waals surface area contributed by atoms with E-state index in [1.54, 1.807) is 6.20 Å². The van der Waals surface area contributed by atoms with Crippen molar-refractivity contribution in [1.82, 2.24) is 9.97 Å². The van der Waals surface area contributed by atoms with Gasteiger partial charge in [0.05, 0.1) is 11.0 Å². The minimum atomic E-state index is 0.841. The summed E-state index contributed by atoms with van der Waals surface area (Å²) < 4.78 is 0. The molecule has 0 aliphatic heterocycles. The number of nitrogens with zero attached hydrogens (tertiary/aromatic N) is 2. The first kappa shape index (κ1) is 12.4. The van der Waals surface area contributed by atoms with Gasteiger partial charge < -0.3 is 5.73 Å². The fourth-order valence-corrected chi connectivity index (χ4v) is 2.24. The van der Waals surface area contributed by atoms with Gasteiger partial charge in [0, 0.05) is 23.2 Å². The molecule has 2 N–H and O–H groups in total. The van der Waals surface area contributed by atoms with Crippen molar-refractivity contribution < 1.29 is 0 Å². The van der Waals surface area contributed by atoms with E-state index in [-0.39, 0.29) is 0 Å². The zero-order chi connectivity index (χ0) is 13.8. The third kappa shape index (κ3) is 2.38. The van der Waals surface area contributed by atoms with E-state index in [1.807, 2.05) is 24.4 Å². The Morgan fingerprint density at radius 1 is 1.00 bits per heavy atom. The highest BCUT2D eigenvalue weighted by Crippen LogP contribution is 2.22. The van der Waals surface area contributed by atoms with Crippen molar-refractivity contribution >= 4 is 21.8 Å². The highest BCUT2D eigenvalue weighted by Gasteiger charge is 2.03. The van der Waals surface area contributed by atoms with Crippen molar-refractivity contribution in [3.05, 3.63) is 72.7 Å². The summed E-state index contributed by atoms with van der Waals surface area (Å²) >= 11 is 0. The molecule has 0 fully saturated rings. The van der Waals surface area contributed by atoms with E-state index in [1.165, 1.54) is 11.8 Å². The normalized spacial score (nSPS) is 12.0. The van der Waals surface area contributed by atoms with Crippen LogP contribution in [0.3, 0.4) is 0 Å². The van der Waals surface area contributed by atoms with Gasteiger partial charge in [-0.15, -0.1) is 0 Å². The van der Waals surface area contributed by atoms with E-state index in [2.05, 4.69) is 40.3 Å². The molecule has 0 radical (unpaired) electrons. The Morgan fingerprint density at radius 3 is 2.75 bits per heavy atom. The van der Waals surface area contributed by atoms with E-state index < -0.39 is 0 Å². The summed E-state index contributed by atoms with van der Waals surface area (Å²) in [5.41, 5.74) is 8.37. The monoisotopic (exact) mass is 261 g/mol. The fraction of sp³-hybridized carbons (Fsp3) is 0.0588. The standard InChI is InChI=1S/C17H15N3/c18-9-3-1-2-5-13-11-15-8-7-14-6-4-10-19-16(14)17(15)20-12-13/h1-4,6-12H,5,18H2/b2-1-,9-3-. The Bertz CT molecular complexity index is 804. The number of fused-ring (bicyclic) bond motifs is 3. The van der Waals surface area contributed by atoms with Crippen LogP contribution in [0.15, 0.2) is 67.2 Å². The van der Waals surface area contributed by atoms with Crippen LogP contribution in [-0.2, 0) is 6.42 Å². The molecule has 98 valence electrons. The number of aromatic nitrogens is 2. The van der Waals surface area contributed by atoms with Crippen molar-refractivity contribution in [3.8, 4) is 0 Å². The molecule has 0 atom stereocenters. The van der Waals surface area contributed by atoms with Gasteiger partial charge in [0.15, 0.2) is 0 Å². The number of allylic oxidation sites excluding steroid dienone is 3. The molecule has 0 saturated heterocycles. The maximum atomic E-state index is 5.28.